The van der Waals surface area contributed by atoms with Crippen molar-refractivity contribution in [1.29, 1.82) is 0 Å². The second-order valence-corrected chi connectivity index (χ2v) is 9.14. The number of rotatable bonds is 6. The van der Waals surface area contributed by atoms with E-state index in [9.17, 15) is 21.6 Å². The van der Waals surface area contributed by atoms with E-state index in [1.807, 2.05) is 20.8 Å². The van der Waals surface area contributed by atoms with Crippen molar-refractivity contribution < 1.29 is 21.6 Å². The number of alkyl halides is 3. The van der Waals surface area contributed by atoms with Gasteiger partial charge in [0.25, 0.3) is 0 Å². The van der Waals surface area contributed by atoms with Gasteiger partial charge in [0, 0.05) is 11.9 Å². The van der Waals surface area contributed by atoms with Crippen LogP contribution in [0.1, 0.15) is 45.6 Å². The zero-order chi connectivity index (χ0) is 22.2. The van der Waals surface area contributed by atoms with Crippen molar-refractivity contribution in [3.63, 3.8) is 0 Å². The molecule has 0 bridgehead atoms. The molecule has 1 aromatic carbocycles. The second-order valence-electron chi connectivity index (χ2n) is 7.58. The average molecular weight is 427 g/mol. The van der Waals surface area contributed by atoms with Crippen molar-refractivity contribution in [1.82, 2.24) is 9.55 Å². The van der Waals surface area contributed by atoms with Crippen LogP contribution in [0.5, 0.6) is 0 Å². The van der Waals surface area contributed by atoms with E-state index in [1.165, 1.54) is 28.8 Å². The van der Waals surface area contributed by atoms with Gasteiger partial charge in [0.1, 0.15) is 5.82 Å². The minimum atomic E-state index is -4.63. The summed E-state index contributed by atoms with van der Waals surface area (Å²) in [4.78, 5) is 3.74. The minimum Gasteiger partial charge on any atom is -0.299 e. The third-order valence-electron chi connectivity index (χ3n) is 4.44. The number of sulfonamides is 1. The number of benzene rings is 1. The van der Waals surface area contributed by atoms with Crippen LogP contribution in [-0.2, 0) is 16.2 Å². The number of hydrogen-bond acceptors (Lipinski definition) is 3. The number of primary sulfonamides is 1. The molecule has 0 spiro atoms. The predicted octanol–water partition coefficient (Wildman–Crippen LogP) is 4.93. The molecule has 1 aromatic heterocycles. The molecule has 0 atom stereocenters. The van der Waals surface area contributed by atoms with Gasteiger partial charge in [0.05, 0.1) is 4.90 Å². The van der Waals surface area contributed by atoms with Gasteiger partial charge in [-0.15, -0.1) is 6.58 Å². The van der Waals surface area contributed by atoms with Gasteiger partial charge in [-0.2, -0.15) is 13.2 Å². The molecule has 0 amide bonds. The lowest BCUT2D eigenvalue weighted by Gasteiger charge is -2.28. The summed E-state index contributed by atoms with van der Waals surface area (Å²) in [6, 6.07) is 5.28. The molecule has 158 valence electrons. The van der Waals surface area contributed by atoms with Crippen molar-refractivity contribution in [3.8, 4) is 5.69 Å². The fraction of sp³-hybridized carbons (Fsp3) is 0.350. The van der Waals surface area contributed by atoms with E-state index >= 15 is 0 Å². The summed E-state index contributed by atoms with van der Waals surface area (Å²) in [5, 5.41) is 5.10. The Morgan fingerprint density at radius 2 is 1.79 bits per heavy atom. The van der Waals surface area contributed by atoms with Gasteiger partial charge >= 0.3 is 6.18 Å². The van der Waals surface area contributed by atoms with Crippen molar-refractivity contribution in [2.24, 2.45) is 10.6 Å². The molecule has 0 aliphatic carbocycles. The lowest BCUT2D eigenvalue weighted by molar-refractivity contribution is -0.140. The molecule has 29 heavy (non-hydrogen) atoms. The fourth-order valence-corrected chi connectivity index (χ4v) is 3.89. The van der Waals surface area contributed by atoms with Crippen molar-refractivity contribution >= 4 is 15.6 Å². The van der Waals surface area contributed by atoms with Crippen LogP contribution in [0.15, 0.2) is 53.6 Å². The van der Waals surface area contributed by atoms with Gasteiger partial charge in [0.15, 0.2) is 5.69 Å². The quantitative estimate of drug-likeness (QED) is 0.664. The van der Waals surface area contributed by atoms with Crippen molar-refractivity contribution in [2.45, 2.75) is 45.2 Å². The van der Waals surface area contributed by atoms with Crippen molar-refractivity contribution in [3.05, 3.63) is 60.2 Å². The molecule has 0 saturated heterocycles. The Balaban J connectivity index is 2.69. The van der Waals surface area contributed by atoms with Crippen LogP contribution in [0.3, 0.4) is 0 Å². The third kappa shape index (κ3) is 5.16. The monoisotopic (exact) mass is 427 g/mol. The summed E-state index contributed by atoms with van der Waals surface area (Å²) in [6.45, 7) is 11.3. The minimum absolute atomic E-state index is 0.132. The first kappa shape index (κ1) is 22.9. The molecule has 9 heteroatoms. The average Bonchev–Trinajstić information content (AvgIpc) is 2.98. The van der Waals surface area contributed by atoms with E-state index in [-0.39, 0.29) is 10.7 Å². The number of allylic oxidation sites excluding steroid dienone is 3. The van der Waals surface area contributed by atoms with E-state index in [2.05, 4.69) is 11.6 Å². The van der Waals surface area contributed by atoms with E-state index in [1.54, 1.807) is 13.0 Å². The Morgan fingerprint density at radius 3 is 2.21 bits per heavy atom. The zero-order valence-electron chi connectivity index (χ0n) is 16.7. The SMILES string of the molecule is C=C(C)CC(C)(C)/C(=C\C)c1nc(C(F)(F)F)cn1-c1ccc(S(N)(=O)=O)cc1. The summed E-state index contributed by atoms with van der Waals surface area (Å²) in [7, 11) is -3.91. The fourth-order valence-electron chi connectivity index (χ4n) is 3.37. The summed E-state index contributed by atoms with van der Waals surface area (Å²) in [5.74, 6) is 0.134. The van der Waals surface area contributed by atoms with Gasteiger partial charge < -0.3 is 0 Å². The Hall–Kier alpha value is -2.39. The molecule has 2 N–H and O–H groups in total. The number of hydrogen-bond donors (Lipinski definition) is 1. The number of nitrogens with zero attached hydrogens (tertiary/aromatic N) is 2. The molecule has 2 rings (SSSR count). The Labute approximate surface area is 168 Å². The Morgan fingerprint density at radius 1 is 1.24 bits per heavy atom. The largest absolute Gasteiger partial charge is 0.434 e. The van der Waals surface area contributed by atoms with Crippen LogP contribution in [0.4, 0.5) is 13.2 Å². The van der Waals surface area contributed by atoms with Gasteiger partial charge in [0.2, 0.25) is 10.0 Å². The number of nitrogens with two attached hydrogens (primary N) is 1. The normalized spacial score (nSPS) is 13.6. The Bertz CT molecular complexity index is 1050. The van der Waals surface area contributed by atoms with Gasteiger partial charge in [-0.25, -0.2) is 18.5 Å². The molecule has 5 nitrogen and oxygen atoms in total. The molecule has 0 saturated carbocycles. The highest BCUT2D eigenvalue weighted by Crippen LogP contribution is 2.41. The molecule has 1 heterocycles. The Kier molecular flexibility index (Phi) is 6.15. The van der Waals surface area contributed by atoms with Crippen LogP contribution >= 0.6 is 0 Å². The van der Waals surface area contributed by atoms with Crippen LogP contribution in [0.25, 0.3) is 11.3 Å². The molecular formula is C20H24F3N3O2S. The molecule has 0 aliphatic heterocycles. The highest BCUT2D eigenvalue weighted by molar-refractivity contribution is 7.89. The number of halogens is 3. The van der Waals surface area contributed by atoms with Crippen LogP contribution < -0.4 is 5.14 Å². The zero-order valence-corrected chi connectivity index (χ0v) is 17.5. The lowest BCUT2D eigenvalue weighted by Crippen LogP contribution is -2.17. The number of aromatic nitrogens is 2. The predicted molar refractivity (Wildman–Crippen MR) is 107 cm³/mol. The van der Waals surface area contributed by atoms with Crippen LogP contribution in [0.2, 0.25) is 0 Å². The van der Waals surface area contributed by atoms with Gasteiger partial charge in [-0.1, -0.05) is 25.5 Å². The first-order valence-electron chi connectivity index (χ1n) is 8.78. The first-order valence-corrected chi connectivity index (χ1v) is 10.3. The van der Waals surface area contributed by atoms with E-state index in [0.29, 0.717) is 17.7 Å². The smallest absolute Gasteiger partial charge is 0.299 e. The van der Waals surface area contributed by atoms with Crippen LogP contribution in [-0.4, -0.2) is 18.0 Å². The lowest BCUT2D eigenvalue weighted by atomic mass is 9.78. The molecule has 0 unspecified atom stereocenters. The summed E-state index contributed by atoms with van der Waals surface area (Å²) < 4.78 is 64.4. The molecule has 0 radical (unpaired) electrons. The third-order valence-corrected chi connectivity index (χ3v) is 5.37. The topological polar surface area (TPSA) is 78.0 Å². The maximum Gasteiger partial charge on any atom is 0.434 e. The van der Waals surface area contributed by atoms with Crippen molar-refractivity contribution in [2.75, 3.05) is 0 Å². The molecular weight excluding hydrogens is 403 g/mol. The summed E-state index contributed by atoms with van der Waals surface area (Å²) >= 11 is 0. The van der Waals surface area contributed by atoms with E-state index in [0.717, 1.165) is 11.8 Å². The maximum atomic E-state index is 13.4. The first-order chi connectivity index (χ1) is 13.2. The summed E-state index contributed by atoms with van der Waals surface area (Å²) in [6.07, 6.45) is -1.43. The van der Waals surface area contributed by atoms with Gasteiger partial charge in [-0.3, -0.25) is 4.57 Å². The van der Waals surface area contributed by atoms with E-state index in [4.69, 9.17) is 5.14 Å². The molecule has 2 aromatic rings. The number of imidazole rings is 1. The van der Waals surface area contributed by atoms with Gasteiger partial charge in [-0.05, 0) is 55.5 Å². The summed E-state index contributed by atoms with van der Waals surface area (Å²) in [5.41, 5.74) is 0.287. The van der Waals surface area contributed by atoms with Crippen LogP contribution in [0, 0.1) is 5.41 Å². The highest BCUT2D eigenvalue weighted by Gasteiger charge is 2.37. The maximum absolute atomic E-state index is 13.4. The van der Waals surface area contributed by atoms with E-state index < -0.39 is 27.3 Å². The molecule has 0 fully saturated rings. The second kappa shape index (κ2) is 7.79. The highest BCUT2D eigenvalue weighted by atomic mass is 32.2. The molecule has 0 aliphatic rings. The standard InChI is InChI=1S/C20H24F3N3O2S/c1-6-16(19(4,5)11-13(2)3)18-25-17(20(21,22)23)12-26(18)14-7-9-15(10-8-14)29(24,27)28/h6-10,12H,2,11H2,1,3-5H3,(H2,24,27,28)/b16-6-.